The lowest BCUT2D eigenvalue weighted by molar-refractivity contribution is 0.0761. The van der Waals surface area contributed by atoms with Crippen LogP contribution in [0, 0.1) is 6.92 Å². The number of hydrogen-bond acceptors (Lipinski definition) is 4. The van der Waals surface area contributed by atoms with E-state index >= 15 is 0 Å². The van der Waals surface area contributed by atoms with Crippen LogP contribution in [0.3, 0.4) is 0 Å². The van der Waals surface area contributed by atoms with Gasteiger partial charge in [0.25, 0.3) is 5.91 Å². The van der Waals surface area contributed by atoms with E-state index in [1.165, 1.54) is 0 Å². The molecule has 0 radical (unpaired) electrons. The molecule has 1 atom stereocenters. The molecule has 2 aromatic carbocycles. The van der Waals surface area contributed by atoms with Gasteiger partial charge in [-0.05, 0) is 67.7 Å². The van der Waals surface area contributed by atoms with E-state index in [4.69, 9.17) is 16.3 Å². The van der Waals surface area contributed by atoms with E-state index < -0.39 is 12.7 Å². The van der Waals surface area contributed by atoms with Crippen molar-refractivity contribution in [2.75, 3.05) is 5.32 Å². The van der Waals surface area contributed by atoms with Gasteiger partial charge < -0.3 is 15.0 Å². The van der Waals surface area contributed by atoms with Crippen LogP contribution in [0.1, 0.15) is 41.9 Å². The maximum absolute atomic E-state index is 12.7. The van der Waals surface area contributed by atoms with Crippen molar-refractivity contribution in [2.24, 2.45) is 0 Å². The van der Waals surface area contributed by atoms with Gasteiger partial charge in [-0.2, -0.15) is 5.10 Å². The Bertz CT molecular complexity index is 1100. The molecule has 1 amide bonds. The van der Waals surface area contributed by atoms with Crippen LogP contribution in [-0.4, -0.2) is 27.8 Å². The second-order valence-electron chi connectivity index (χ2n) is 7.38. The van der Waals surface area contributed by atoms with Crippen molar-refractivity contribution in [2.45, 2.75) is 32.8 Å². The van der Waals surface area contributed by atoms with Gasteiger partial charge >= 0.3 is 7.12 Å². The number of aryl methyl sites for hydroxylation is 1. The average molecular weight is 410 g/mol. The van der Waals surface area contributed by atoms with Gasteiger partial charge in [-0.3, -0.25) is 4.79 Å². The highest BCUT2D eigenvalue weighted by molar-refractivity contribution is 6.62. The average Bonchev–Trinajstić information content (AvgIpc) is 3.23. The highest BCUT2D eigenvalue weighted by atomic mass is 35.5. The molecule has 6 nitrogen and oxygen atoms in total. The highest BCUT2D eigenvalue weighted by Gasteiger charge is 2.42. The van der Waals surface area contributed by atoms with Crippen LogP contribution in [0.2, 0.25) is 5.02 Å². The maximum Gasteiger partial charge on any atom is 0.492 e. The molecule has 0 saturated heterocycles. The molecule has 0 bridgehead atoms. The molecule has 1 unspecified atom stereocenters. The zero-order chi connectivity index (χ0) is 20.8. The summed E-state index contributed by atoms with van der Waals surface area (Å²) in [4.78, 5) is 12.7. The summed E-state index contributed by atoms with van der Waals surface area (Å²) in [5.74, 6) is -0.329. The van der Waals surface area contributed by atoms with Gasteiger partial charge in [-0.1, -0.05) is 24.6 Å². The first kappa shape index (κ1) is 19.7. The SMILES string of the molecule is CCC1(C)OB(O)c2cc(NC(=O)c3ccc(-n4ccc(C)n4)cc3Cl)ccc21. The van der Waals surface area contributed by atoms with Gasteiger partial charge in [0.1, 0.15) is 0 Å². The van der Waals surface area contributed by atoms with Crippen molar-refractivity contribution < 1.29 is 14.5 Å². The van der Waals surface area contributed by atoms with Crippen LogP contribution in [0.5, 0.6) is 0 Å². The molecule has 3 aromatic rings. The molecule has 0 aliphatic carbocycles. The van der Waals surface area contributed by atoms with Gasteiger partial charge in [-0.25, -0.2) is 4.68 Å². The van der Waals surface area contributed by atoms with Crippen molar-refractivity contribution >= 4 is 35.8 Å². The number of carbonyl (C=O) groups is 1. The summed E-state index contributed by atoms with van der Waals surface area (Å²) < 4.78 is 7.41. The number of benzene rings is 2. The number of fused-ring (bicyclic) bond motifs is 1. The van der Waals surface area contributed by atoms with E-state index in [1.807, 2.05) is 39.1 Å². The number of anilines is 1. The molecule has 29 heavy (non-hydrogen) atoms. The molecule has 2 heterocycles. The molecule has 1 aliphatic heterocycles. The van der Waals surface area contributed by atoms with E-state index in [9.17, 15) is 9.82 Å². The molecule has 1 aromatic heterocycles. The molecule has 0 fully saturated rings. The topological polar surface area (TPSA) is 76.4 Å². The van der Waals surface area contributed by atoms with Crippen molar-refractivity contribution in [1.82, 2.24) is 9.78 Å². The lowest BCUT2D eigenvalue weighted by atomic mass is 9.77. The number of nitrogens with zero attached hydrogens (tertiary/aromatic N) is 2. The minimum absolute atomic E-state index is 0.329. The molecular formula is C21H21BClN3O3. The van der Waals surface area contributed by atoms with E-state index in [1.54, 1.807) is 35.0 Å². The third-order valence-electron chi connectivity index (χ3n) is 5.38. The number of rotatable bonds is 4. The largest absolute Gasteiger partial charge is 0.492 e. The van der Waals surface area contributed by atoms with Crippen molar-refractivity contribution in [3.8, 4) is 5.69 Å². The van der Waals surface area contributed by atoms with Gasteiger partial charge in [-0.15, -0.1) is 0 Å². The van der Waals surface area contributed by atoms with Gasteiger partial charge in [0, 0.05) is 11.9 Å². The van der Waals surface area contributed by atoms with Crippen molar-refractivity contribution in [1.29, 1.82) is 0 Å². The molecule has 2 N–H and O–H groups in total. The first-order valence-corrected chi connectivity index (χ1v) is 9.82. The number of amides is 1. The Morgan fingerprint density at radius 3 is 2.76 bits per heavy atom. The van der Waals surface area contributed by atoms with E-state index in [0.717, 1.165) is 23.4 Å². The lowest BCUT2D eigenvalue weighted by Gasteiger charge is -2.24. The molecule has 148 valence electrons. The minimum atomic E-state index is -1.01. The van der Waals surface area contributed by atoms with Gasteiger partial charge in [0.05, 0.1) is 27.6 Å². The van der Waals surface area contributed by atoms with Gasteiger partial charge in [0.2, 0.25) is 0 Å². The van der Waals surface area contributed by atoms with Crippen LogP contribution in [-0.2, 0) is 10.3 Å². The van der Waals surface area contributed by atoms with Crippen molar-refractivity contribution in [3.63, 3.8) is 0 Å². The summed E-state index contributed by atoms with van der Waals surface area (Å²) in [6, 6.07) is 12.5. The summed E-state index contributed by atoms with van der Waals surface area (Å²) >= 11 is 6.36. The molecule has 1 aliphatic rings. The Kier molecular flexibility index (Phi) is 4.98. The zero-order valence-electron chi connectivity index (χ0n) is 16.4. The Balaban J connectivity index is 1.57. The van der Waals surface area contributed by atoms with E-state index in [2.05, 4.69) is 10.4 Å². The monoisotopic (exact) mass is 409 g/mol. The quantitative estimate of drug-likeness (QED) is 0.647. The van der Waals surface area contributed by atoms with Crippen LogP contribution >= 0.6 is 11.6 Å². The number of nitrogens with one attached hydrogen (secondary N) is 1. The minimum Gasteiger partial charge on any atom is -0.423 e. The zero-order valence-corrected chi connectivity index (χ0v) is 17.2. The van der Waals surface area contributed by atoms with E-state index in [0.29, 0.717) is 21.7 Å². The maximum atomic E-state index is 12.7. The normalized spacial score (nSPS) is 18.0. The lowest BCUT2D eigenvalue weighted by Crippen LogP contribution is -2.29. The Hall–Kier alpha value is -2.61. The summed E-state index contributed by atoms with van der Waals surface area (Å²) in [6.45, 7) is 5.86. The highest BCUT2D eigenvalue weighted by Crippen LogP contribution is 2.34. The van der Waals surface area contributed by atoms with Crippen LogP contribution in [0.25, 0.3) is 5.69 Å². The number of hydrogen-bond donors (Lipinski definition) is 2. The molecule has 0 spiro atoms. The van der Waals surface area contributed by atoms with Crippen LogP contribution in [0.15, 0.2) is 48.7 Å². The second-order valence-corrected chi connectivity index (χ2v) is 7.78. The smallest absolute Gasteiger partial charge is 0.423 e. The fourth-order valence-electron chi connectivity index (χ4n) is 3.56. The second kappa shape index (κ2) is 7.33. The number of aromatic nitrogens is 2. The predicted molar refractivity (Wildman–Crippen MR) is 114 cm³/mol. The van der Waals surface area contributed by atoms with Gasteiger partial charge in [0.15, 0.2) is 0 Å². The Labute approximate surface area is 174 Å². The van der Waals surface area contributed by atoms with Crippen LogP contribution in [0.4, 0.5) is 5.69 Å². The summed E-state index contributed by atoms with van der Waals surface area (Å²) in [5, 5.41) is 17.8. The first-order chi connectivity index (χ1) is 13.8. The summed E-state index contributed by atoms with van der Waals surface area (Å²) in [6.07, 6.45) is 2.57. The van der Waals surface area contributed by atoms with Crippen molar-refractivity contribution in [3.05, 3.63) is 70.5 Å². The fourth-order valence-corrected chi connectivity index (χ4v) is 3.82. The molecule has 4 rings (SSSR count). The summed E-state index contributed by atoms with van der Waals surface area (Å²) in [7, 11) is -1.01. The molecule has 0 saturated carbocycles. The third kappa shape index (κ3) is 3.57. The summed E-state index contributed by atoms with van der Waals surface area (Å²) in [5.41, 5.74) is 3.67. The van der Waals surface area contributed by atoms with E-state index in [-0.39, 0.29) is 5.91 Å². The Morgan fingerprint density at radius 2 is 2.10 bits per heavy atom. The third-order valence-corrected chi connectivity index (χ3v) is 5.69. The predicted octanol–water partition coefficient (Wildman–Crippen LogP) is 3.43. The number of carbonyl (C=O) groups excluding carboxylic acids is 1. The molecule has 8 heteroatoms. The fraction of sp³-hybridized carbons (Fsp3) is 0.238. The number of halogens is 1. The first-order valence-electron chi connectivity index (χ1n) is 9.44. The standard InChI is InChI=1S/C21H21BClN3O3/c1-4-21(3)17-8-5-14(11-18(17)22(28)29-21)24-20(27)16-7-6-15(12-19(16)23)26-10-9-13(2)25-26/h5-12,28H,4H2,1-3H3,(H,24,27). The Morgan fingerprint density at radius 1 is 1.31 bits per heavy atom. The molecular weight excluding hydrogens is 389 g/mol. The van der Waals surface area contributed by atoms with Crippen LogP contribution < -0.4 is 10.8 Å².